The number of oxazole rings is 3. The summed E-state index contributed by atoms with van der Waals surface area (Å²) in [6.07, 6.45) is 7.27. The lowest BCUT2D eigenvalue weighted by Gasteiger charge is -2.21. The third kappa shape index (κ3) is 4.80. The van der Waals surface area contributed by atoms with Gasteiger partial charge in [-0.1, -0.05) is 48.5 Å². The van der Waals surface area contributed by atoms with Gasteiger partial charge in [-0.2, -0.15) is 0 Å². The highest BCUT2D eigenvalue weighted by Gasteiger charge is 2.32. The summed E-state index contributed by atoms with van der Waals surface area (Å²) >= 11 is 0. The third-order valence-electron chi connectivity index (χ3n) is 5.43. The first-order valence-electron chi connectivity index (χ1n) is 10.2. The number of aromatic nitrogens is 3. The van der Waals surface area contributed by atoms with Gasteiger partial charge in [-0.3, -0.25) is 0 Å². The van der Waals surface area contributed by atoms with Crippen LogP contribution >= 0.6 is 0 Å². The Morgan fingerprint density at radius 2 is 1.62 bits per heavy atom. The molecule has 3 aromatic rings. The van der Waals surface area contributed by atoms with Crippen LogP contribution in [0.2, 0.25) is 0 Å². The Bertz CT molecular complexity index is 941. The molecule has 0 bridgehead atoms. The van der Waals surface area contributed by atoms with E-state index in [4.69, 9.17) is 13.3 Å². The molecule has 158 valence electrons. The highest BCUT2D eigenvalue weighted by atomic mass is 16.4. The molecule has 0 amide bonds. The van der Waals surface area contributed by atoms with Gasteiger partial charge in [0.05, 0.1) is 17.6 Å². The molecule has 0 aliphatic carbocycles. The van der Waals surface area contributed by atoms with Crippen molar-refractivity contribution in [1.29, 1.82) is 0 Å². The highest BCUT2D eigenvalue weighted by Crippen LogP contribution is 2.33. The van der Waals surface area contributed by atoms with Crippen molar-refractivity contribution in [3.63, 3.8) is 0 Å². The summed E-state index contributed by atoms with van der Waals surface area (Å²) in [4.78, 5) is 13.5. The number of hydrogen-bond donors (Lipinski definition) is 0. The average molecular weight is 400 g/mol. The number of nitrogens with zero attached hydrogens (tertiary/aromatic N) is 3. The van der Waals surface area contributed by atoms with Gasteiger partial charge >= 0.3 is 0 Å². The quantitative estimate of drug-likeness (QED) is 0.508. The lowest BCUT2D eigenvalue weighted by molar-refractivity contribution is 0.315. The zero-order valence-corrected chi connectivity index (χ0v) is 18.9. The topological polar surface area (TPSA) is 78.1 Å². The largest absolute Gasteiger partial charge is 0.451 e. The van der Waals surface area contributed by atoms with E-state index in [1.807, 2.05) is 13.1 Å². The Hall–Kier alpha value is -2.37. The molecule has 0 N–H and O–H groups in total. The molecule has 3 rings (SSSR count). The SMILES string of the molecule is Cc1nc(CCC(C)(C)c2cocn2)oc1C(C)(C)Cc1ncc(C(C)(C)C)o1. The molecule has 0 aliphatic rings. The molecule has 0 atom stereocenters. The van der Waals surface area contributed by atoms with Gasteiger partial charge in [-0.05, 0) is 13.3 Å². The number of aryl methyl sites for hydroxylation is 2. The summed E-state index contributed by atoms with van der Waals surface area (Å²) in [7, 11) is 0. The van der Waals surface area contributed by atoms with E-state index in [2.05, 4.69) is 63.4 Å². The van der Waals surface area contributed by atoms with Crippen LogP contribution in [-0.2, 0) is 29.1 Å². The lowest BCUT2D eigenvalue weighted by atomic mass is 9.85. The molecule has 0 aliphatic heterocycles. The van der Waals surface area contributed by atoms with Crippen LogP contribution in [0.25, 0.3) is 0 Å². The summed E-state index contributed by atoms with van der Waals surface area (Å²) < 4.78 is 17.3. The van der Waals surface area contributed by atoms with Crippen LogP contribution in [0.15, 0.2) is 32.1 Å². The van der Waals surface area contributed by atoms with E-state index in [1.165, 1.54) is 6.39 Å². The molecule has 0 spiro atoms. The van der Waals surface area contributed by atoms with Crippen molar-refractivity contribution in [2.24, 2.45) is 0 Å². The predicted octanol–water partition coefficient (Wildman–Crippen LogP) is 5.69. The minimum Gasteiger partial charge on any atom is -0.451 e. The Kier molecular flexibility index (Phi) is 5.50. The van der Waals surface area contributed by atoms with E-state index in [0.717, 1.165) is 47.5 Å². The zero-order valence-electron chi connectivity index (χ0n) is 18.9. The van der Waals surface area contributed by atoms with Gasteiger partial charge in [0.25, 0.3) is 0 Å². The van der Waals surface area contributed by atoms with E-state index in [-0.39, 0.29) is 16.2 Å². The van der Waals surface area contributed by atoms with Gasteiger partial charge in [-0.25, -0.2) is 15.0 Å². The maximum atomic E-state index is 6.21. The molecule has 29 heavy (non-hydrogen) atoms. The minimum absolute atomic E-state index is 0.0542. The number of hydrogen-bond acceptors (Lipinski definition) is 6. The van der Waals surface area contributed by atoms with Gasteiger partial charge in [0.1, 0.15) is 17.8 Å². The molecule has 0 radical (unpaired) electrons. The van der Waals surface area contributed by atoms with Crippen molar-refractivity contribution in [2.75, 3.05) is 0 Å². The molecule has 0 unspecified atom stereocenters. The summed E-state index contributed by atoms with van der Waals surface area (Å²) in [5.74, 6) is 3.27. The highest BCUT2D eigenvalue weighted by molar-refractivity contribution is 5.20. The fraction of sp³-hybridized carbons (Fsp3) is 0.609. The molecular weight excluding hydrogens is 366 g/mol. The van der Waals surface area contributed by atoms with Crippen molar-refractivity contribution >= 4 is 0 Å². The molecule has 6 nitrogen and oxygen atoms in total. The smallest absolute Gasteiger partial charge is 0.195 e. The molecule has 0 aromatic carbocycles. The zero-order chi connectivity index (χ0) is 21.4. The predicted molar refractivity (Wildman–Crippen MR) is 111 cm³/mol. The Balaban J connectivity index is 1.72. The van der Waals surface area contributed by atoms with Crippen LogP contribution in [0, 0.1) is 6.92 Å². The van der Waals surface area contributed by atoms with Gasteiger partial charge < -0.3 is 13.3 Å². The normalized spacial score (nSPS) is 13.2. The standard InChI is InChI=1S/C23H33N3O3/c1-15-20(23(7,8)11-19-24-12-17(28-19)21(2,3)4)29-18(26-15)9-10-22(5,6)16-13-27-14-25-16/h12-14H,9-11H2,1-8H3. The van der Waals surface area contributed by atoms with Crippen molar-refractivity contribution in [3.8, 4) is 0 Å². The first-order valence-corrected chi connectivity index (χ1v) is 10.2. The van der Waals surface area contributed by atoms with Crippen LogP contribution in [-0.4, -0.2) is 15.0 Å². The minimum atomic E-state index is -0.267. The Labute approximate surface area is 173 Å². The van der Waals surface area contributed by atoms with E-state index < -0.39 is 0 Å². The lowest BCUT2D eigenvalue weighted by Crippen LogP contribution is -2.21. The van der Waals surface area contributed by atoms with Crippen LogP contribution in [0.4, 0.5) is 0 Å². The van der Waals surface area contributed by atoms with Gasteiger partial charge in [0.2, 0.25) is 0 Å². The van der Waals surface area contributed by atoms with Crippen LogP contribution in [0.1, 0.15) is 89.6 Å². The maximum absolute atomic E-state index is 6.21. The first kappa shape index (κ1) is 21.3. The second kappa shape index (κ2) is 7.47. The third-order valence-corrected chi connectivity index (χ3v) is 5.43. The summed E-state index contributed by atoms with van der Waals surface area (Å²) in [6, 6.07) is 0. The van der Waals surface area contributed by atoms with E-state index in [9.17, 15) is 0 Å². The maximum Gasteiger partial charge on any atom is 0.195 e. The van der Waals surface area contributed by atoms with Gasteiger partial charge in [-0.15, -0.1) is 0 Å². The van der Waals surface area contributed by atoms with Crippen LogP contribution < -0.4 is 0 Å². The second-order valence-electron chi connectivity index (χ2n) is 10.2. The number of rotatable bonds is 7. The van der Waals surface area contributed by atoms with Crippen molar-refractivity contribution in [1.82, 2.24) is 15.0 Å². The Morgan fingerprint density at radius 3 is 2.21 bits per heavy atom. The van der Waals surface area contributed by atoms with Crippen molar-refractivity contribution in [3.05, 3.63) is 53.5 Å². The molecule has 6 heteroatoms. The summed E-state index contributed by atoms with van der Waals surface area (Å²) in [5.41, 5.74) is 1.44. The van der Waals surface area contributed by atoms with Crippen molar-refractivity contribution < 1.29 is 13.3 Å². The Morgan fingerprint density at radius 1 is 0.897 bits per heavy atom. The fourth-order valence-corrected chi connectivity index (χ4v) is 3.48. The van der Waals surface area contributed by atoms with Crippen molar-refractivity contribution in [2.45, 2.75) is 90.9 Å². The molecule has 0 fully saturated rings. The second-order valence-corrected chi connectivity index (χ2v) is 10.2. The molecular formula is C23H33N3O3. The summed E-state index contributed by atoms with van der Waals surface area (Å²) in [5, 5.41) is 0. The fourth-order valence-electron chi connectivity index (χ4n) is 3.48. The summed E-state index contributed by atoms with van der Waals surface area (Å²) in [6.45, 7) is 17.0. The molecule has 3 aromatic heterocycles. The monoisotopic (exact) mass is 399 g/mol. The van der Waals surface area contributed by atoms with E-state index in [0.29, 0.717) is 6.42 Å². The molecule has 3 heterocycles. The van der Waals surface area contributed by atoms with Crippen LogP contribution in [0.3, 0.4) is 0 Å². The molecule has 0 saturated heterocycles. The van der Waals surface area contributed by atoms with E-state index >= 15 is 0 Å². The molecule has 0 saturated carbocycles. The van der Waals surface area contributed by atoms with Gasteiger partial charge in [0.15, 0.2) is 18.2 Å². The average Bonchev–Trinajstić information content (AvgIpc) is 3.32. The van der Waals surface area contributed by atoms with E-state index in [1.54, 1.807) is 6.26 Å². The first-order chi connectivity index (χ1) is 13.4. The van der Waals surface area contributed by atoms with Gasteiger partial charge in [0, 0.05) is 29.1 Å². The van der Waals surface area contributed by atoms with Crippen LogP contribution in [0.5, 0.6) is 0 Å².